The van der Waals surface area contributed by atoms with E-state index in [1.807, 2.05) is 0 Å². The number of nitrogens with one attached hydrogen (secondary N) is 1. The first-order valence-corrected chi connectivity index (χ1v) is 5.56. The second-order valence-corrected chi connectivity index (χ2v) is 4.24. The van der Waals surface area contributed by atoms with Crippen molar-refractivity contribution >= 4 is 27.5 Å². The minimum absolute atomic E-state index is 0.135. The number of amides is 1. The van der Waals surface area contributed by atoms with Crippen LogP contribution in [0.3, 0.4) is 0 Å². The van der Waals surface area contributed by atoms with Gasteiger partial charge < -0.3 is 21.3 Å². The normalized spacial score (nSPS) is 10.6. The first kappa shape index (κ1) is 13.9. The average molecular weight is 307 g/mol. The smallest absolute Gasteiger partial charge is 0.252 e. The minimum atomic E-state index is -0.763. The fraction of sp³-hybridized carbons (Fsp3) is 0.300. The fourth-order valence-corrected chi connectivity index (χ4v) is 1.65. The van der Waals surface area contributed by atoms with Crippen molar-refractivity contribution in [3.63, 3.8) is 0 Å². The number of benzene rings is 1. The van der Waals surface area contributed by atoms with E-state index in [2.05, 4.69) is 21.2 Å². The number of hydrogen-bond donors (Lipinski definition) is 4. The SMILES string of the molecule is Nc1cc(C(=O)NC(CO)CO)c(Br)cc1F. The maximum absolute atomic E-state index is 13.1. The van der Waals surface area contributed by atoms with Crippen LogP contribution < -0.4 is 11.1 Å². The summed E-state index contributed by atoms with van der Waals surface area (Å²) >= 11 is 3.03. The average Bonchev–Trinajstić information content (AvgIpc) is 2.30. The van der Waals surface area contributed by atoms with Crippen molar-refractivity contribution in [2.45, 2.75) is 6.04 Å². The molecule has 0 radical (unpaired) electrons. The first-order valence-electron chi connectivity index (χ1n) is 4.76. The molecule has 0 aromatic heterocycles. The van der Waals surface area contributed by atoms with Crippen molar-refractivity contribution in [2.75, 3.05) is 18.9 Å². The highest BCUT2D eigenvalue weighted by Crippen LogP contribution is 2.22. The largest absolute Gasteiger partial charge is 0.396 e. The molecule has 0 fully saturated rings. The Morgan fingerprint density at radius 3 is 2.59 bits per heavy atom. The molecule has 5 nitrogen and oxygen atoms in total. The van der Waals surface area contributed by atoms with E-state index in [1.165, 1.54) is 6.07 Å². The third kappa shape index (κ3) is 3.39. The van der Waals surface area contributed by atoms with Gasteiger partial charge in [0.05, 0.1) is 30.5 Å². The molecule has 0 atom stereocenters. The Morgan fingerprint density at radius 2 is 2.06 bits per heavy atom. The van der Waals surface area contributed by atoms with E-state index in [-0.39, 0.29) is 15.7 Å². The zero-order valence-electron chi connectivity index (χ0n) is 8.78. The van der Waals surface area contributed by atoms with E-state index < -0.39 is 31.0 Å². The standard InChI is InChI=1S/C10H12BrFN2O3/c11-7-2-8(12)9(13)1-6(7)10(17)14-5(3-15)4-16/h1-2,5,15-16H,3-4,13H2,(H,14,17). The van der Waals surface area contributed by atoms with Gasteiger partial charge in [-0.3, -0.25) is 4.79 Å². The molecular weight excluding hydrogens is 295 g/mol. The van der Waals surface area contributed by atoms with Gasteiger partial charge >= 0.3 is 0 Å². The van der Waals surface area contributed by atoms with Crippen molar-refractivity contribution in [3.05, 3.63) is 28.0 Å². The van der Waals surface area contributed by atoms with Crippen molar-refractivity contribution in [1.82, 2.24) is 5.32 Å². The Hall–Kier alpha value is -1.18. The molecular formula is C10H12BrFN2O3. The van der Waals surface area contributed by atoms with E-state index in [1.54, 1.807) is 0 Å². The van der Waals surface area contributed by atoms with Gasteiger partial charge in [0.1, 0.15) is 5.82 Å². The third-order valence-electron chi connectivity index (χ3n) is 2.11. The number of nitrogens with two attached hydrogens (primary N) is 1. The quantitative estimate of drug-likeness (QED) is 0.600. The van der Waals surface area contributed by atoms with Crippen molar-refractivity contribution < 1.29 is 19.4 Å². The molecule has 5 N–H and O–H groups in total. The zero-order chi connectivity index (χ0) is 13.0. The number of aliphatic hydroxyl groups is 2. The molecule has 0 aliphatic carbocycles. The summed E-state index contributed by atoms with van der Waals surface area (Å²) < 4.78 is 13.3. The van der Waals surface area contributed by atoms with Gasteiger partial charge in [-0.1, -0.05) is 0 Å². The number of rotatable bonds is 4. The molecule has 1 aromatic rings. The van der Waals surface area contributed by atoms with Crippen molar-refractivity contribution in [2.24, 2.45) is 0 Å². The fourth-order valence-electron chi connectivity index (χ4n) is 1.15. The van der Waals surface area contributed by atoms with Crippen LogP contribution in [0.5, 0.6) is 0 Å². The van der Waals surface area contributed by atoms with Crippen LogP contribution in [-0.2, 0) is 0 Å². The van der Waals surface area contributed by atoms with Gasteiger partial charge in [0, 0.05) is 4.47 Å². The lowest BCUT2D eigenvalue weighted by Crippen LogP contribution is -2.40. The van der Waals surface area contributed by atoms with Crippen molar-refractivity contribution in [3.8, 4) is 0 Å². The summed E-state index contributed by atoms with van der Waals surface area (Å²) in [7, 11) is 0. The van der Waals surface area contributed by atoms with Crippen LogP contribution in [0.2, 0.25) is 0 Å². The van der Waals surface area contributed by atoms with Gasteiger partial charge in [0.25, 0.3) is 5.91 Å². The van der Waals surface area contributed by atoms with Crippen LogP contribution in [0, 0.1) is 5.82 Å². The van der Waals surface area contributed by atoms with E-state index in [4.69, 9.17) is 15.9 Å². The number of carbonyl (C=O) groups is 1. The Bertz CT molecular complexity index is 424. The number of hydrogen-bond acceptors (Lipinski definition) is 4. The van der Waals surface area contributed by atoms with Crippen LogP contribution in [0.1, 0.15) is 10.4 Å². The number of halogens is 2. The summed E-state index contributed by atoms with van der Waals surface area (Å²) in [5.41, 5.74) is 5.33. The van der Waals surface area contributed by atoms with Crippen LogP contribution in [0.4, 0.5) is 10.1 Å². The molecule has 0 spiro atoms. The van der Waals surface area contributed by atoms with Gasteiger partial charge in [-0.15, -0.1) is 0 Å². The summed E-state index contributed by atoms with van der Waals surface area (Å²) in [5.74, 6) is -1.19. The van der Waals surface area contributed by atoms with Gasteiger partial charge in [0.15, 0.2) is 0 Å². The molecule has 0 aliphatic rings. The summed E-state index contributed by atoms with van der Waals surface area (Å²) in [6.07, 6.45) is 0. The third-order valence-corrected chi connectivity index (χ3v) is 2.76. The monoisotopic (exact) mass is 306 g/mol. The Balaban J connectivity index is 2.93. The Labute approximate surface area is 106 Å². The lowest BCUT2D eigenvalue weighted by atomic mass is 10.1. The Kier molecular flexibility index (Phi) is 4.86. The van der Waals surface area contributed by atoms with Gasteiger partial charge in [0.2, 0.25) is 0 Å². The maximum Gasteiger partial charge on any atom is 0.252 e. The van der Waals surface area contributed by atoms with E-state index in [0.717, 1.165) is 6.07 Å². The van der Waals surface area contributed by atoms with Crippen LogP contribution >= 0.6 is 15.9 Å². The molecule has 0 unspecified atom stereocenters. The second kappa shape index (κ2) is 5.95. The molecule has 94 valence electrons. The zero-order valence-corrected chi connectivity index (χ0v) is 10.4. The lowest BCUT2D eigenvalue weighted by molar-refractivity contribution is 0.0878. The summed E-state index contributed by atoms with van der Waals surface area (Å²) in [6.45, 7) is -0.785. The van der Waals surface area contributed by atoms with Crippen LogP contribution in [-0.4, -0.2) is 35.4 Å². The van der Waals surface area contributed by atoms with E-state index in [0.29, 0.717) is 0 Å². The molecule has 7 heteroatoms. The summed E-state index contributed by atoms with van der Waals surface area (Å²) in [4.78, 5) is 11.7. The molecule has 0 bridgehead atoms. The maximum atomic E-state index is 13.1. The minimum Gasteiger partial charge on any atom is -0.396 e. The summed E-state index contributed by atoms with van der Waals surface area (Å²) in [6, 6.07) is 1.50. The highest BCUT2D eigenvalue weighted by Gasteiger charge is 2.16. The molecule has 1 aromatic carbocycles. The van der Waals surface area contributed by atoms with Crippen LogP contribution in [0.25, 0.3) is 0 Å². The molecule has 1 rings (SSSR count). The summed E-state index contributed by atoms with van der Waals surface area (Å²) in [5, 5.41) is 20.0. The molecule has 0 saturated carbocycles. The highest BCUT2D eigenvalue weighted by molar-refractivity contribution is 9.10. The van der Waals surface area contributed by atoms with Crippen LogP contribution in [0.15, 0.2) is 16.6 Å². The number of carbonyl (C=O) groups excluding carboxylic acids is 1. The van der Waals surface area contributed by atoms with Gasteiger partial charge in [-0.25, -0.2) is 4.39 Å². The number of nitrogen functional groups attached to an aromatic ring is 1. The number of aliphatic hydroxyl groups excluding tert-OH is 2. The molecule has 0 aliphatic heterocycles. The topological polar surface area (TPSA) is 95.6 Å². The second-order valence-electron chi connectivity index (χ2n) is 3.39. The number of anilines is 1. The molecule has 0 saturated heterocycles. The van der Waals surface area contributed by atoms with E-state index >= 15 is 0 Å². The lowest BCUT2D eigenvalue weighted by Gasteiger charge is -2.14. The Morgan fingerprint density at radius 1 is 1.47 bits per heavy atom. The predicted molar refractivity (Wildman–Crippen MR) is 63.9 cm³/mol. The van der Waals surface area contributed by atoms with Crippen molar-refractivity contribution in [1.29, 1.82) is 0 Å². The predicted octanol–water partition coefficient (Wildman–Crippen LogP) is 0.253. The van der Waals surface area contributed by atoms with Gasteiger partial charge in [-0.2, -0.15) is 0 Å². The molecule has 1 amide bonds. The molecule has 0 heterocycles. The highest BCUT2D eigenvalue weighted by atomic mass is 79.9. The molecule has 17 heavy (non-hydrogen) atoms. The van der Waals surface area contributed by atoms with Gasteiger partial charge in [-0.05, 0) is 28.1 Å². The first-order chi connectivity index (χ1) is 7.99. The van der Waals surface area contributed by atoms with E-state index in [9.17, 15) is 9.18 Å².